The Morgan fingerprint density at radius 2 is 2.26 bits per heavy atom. The Labute approximate surface area is 119 Å². The molecule has 0 unspecified atom stereocenters. The second-order valence-electron chi connectivity index (χ2n) is 4.46. The monoisotopic (exact) mass is 326 g/mol. The molecule has 0 radical (unpaired) electrons. The number of halogens is 1. The van der Waals surface area contributed by atoms with Crippen LogP contribution >= 0.6 is 15.9 Å². The molecule has 3 N–H and O–H groups in total. The fourth-order valence-corrected chi connectivity index (χ4v) is 2.46. The standard InChI is InChI=1S/C13H15BrN2O3/c14-9-3-1-2-8(6-9)10-7-11(10)12(17)16-4-5-19-13(15)18/h1-3,6,10-11H,4-5,7H2,(H2,15,18)(H,16,17)/t10-,11+/m1/s1. The van der Waals surface area contributed by atoms with Gasteiger partial charge in [0.25, 0.3) is 0 Å². The highest BCUT2D eigenvalue weighted by Gasteiger charge is 2.43. The van der Waals surface area contributed by atoms with E-state index in [-0.39, 0.29) is 24.3 Å². The number of amides is 2. The second-order valence-corrected chi connectivity index (χ2v) is 5.38. The first-order valence-electron chi connectivity index (χ1n) is 6.03. The van der Waals surface area contributed by atoms with E-state index in [1.807, 2.05) is 24.3 Å². The number of benzene rings is 1. The molecule has 6 heteroatoms. The number of carbonyl (C=O) groups is 2. The van der Waals surface area contributed by atoms with Crippen LogP contribution in [-0.4, -0.2) is 25.2 Å². The maximum absolute atomic E-state index is 11.8. The van der Waals surface area contributed by atoms with Crippen LogP contribution in [0, 0.1) is 5.92 Å². The van der Waals surface area contributed by atoms with Crippen LogP contribution in [-0.2, 0) is 9.53 Å². The summed E-state index contributed by atoms with van der Waals surface area (Å²) in [6.45, 7) is 0.402. The normalized spacial score (nSPS) is 20.7. The summed E-state index contributed by atoms with van der Waals surface area (Å²) in [5.41, 5.74) is 5.98. The van der Waals surface area contributed by atoms with Gasteiger partial charge in [0, 0.05) is 10.4 Å². The van der Waals surface area contributed by atoms with Crippen molar-refractivity contribution in [1.29, 1.82) is 0 Å². The van der Waals surface area contributed by atoms with E-state index in [1.54, 1.807) is 0 Å². The lowest BCUT2D eigenvalue weighted by molar-refractivity contribution is -0.122. The van der Waals surface area contributed by atoms with Crippen LogP contribution in [0.15, 0.2) is 28.7 Å². The van der Waals surface area contributed by atoms with Gasteiger partial charge in [-0.25, -0.2) is 4.79 Å². The predicted octanol–water partition coefficient (Wildman–Crippen LogP) is 1.76. The smallest absolute Gasteiger partial charge is 0.404 e. The zero-order valence-corrected chi connectivity index (χ0v) is 11.9. The van der Waals surface area contributed by atoms with E-state index in [0.717, 1.165) is 10.9 Å². The van der Waals surface area contributed by atoms with Gasteiger partial charge in [0.05, 0.1) is 6.54 Å². The highest BCUT2D eigenvalue weighted by Crippen LogP contribution is 2.47. The Kier molecular flexibility index (Phi) is 4.42. The lowest BCUT2D eigenvalue weighted by Gasteiger charge is -2.05. The van der Waals surface area contributed by atoms with E-state index in [1.165, 1.54) is 5.56 Å². The summed E-state index contributed by atoms with van der Waals surface area (Å²) in [7, 11) is 0. The largest absolute Gasteiger partial charge is 0.448 e. The first-order chi connectivity index (χ1) is 9.08. The van der Waals surface area contributed by atoms with E-state index < -0.39 is 6.09 Å². The minimum atomic E-state index is -0.826. The predicted molar refractivity (Wildman–Crippen MR) is 73.5 cm³/mol. The van der Waals surface area contributed by atoms with Crippen LogP contribution in [0.4, 0.5) is 4.79 Å². The van der Waals surface area contributed by atoms with Gasteiger partial charge in [-0.1, -0.05) is 28.1 Å². The third-order valence-corrected chi connectivity index (χ3v) is 3.54. The van der Waals surface area contributed by atoms with Gasteiger partial charge in [-0.05, 0) is 30.0 Å². The molecule has 0 bridgehead atoms. The molecule has 1 aliphatic carbocycles. The minimum absolute atomic E-state index is 0.00181. The number of primary amides is 1. The molecule has 2 rings (SSSR count). The van der Waals surface area contributed by atoms with Crippen molar-refractivity contribution in [2.45, 2.75) is 12.3 Å². The topological polar surface area (TPSA) is 81.4 Å². The van der Waals surface area contributed by atoms with Crippen molar-refractivity contribution in [1.82, 2.24) is 5.32 Å². The minimum Gasteiger partial charge on any atom is -0.448 e. The van der Waals surface area contributed by atoms with Gasteiger partial charge in [0.1, 0.15) is 6.61 Å². The maximum atomic E-state index is 11.8. The van der Waals surface area contributed by atoms with Gasteiger partial charge < -0.3 is 15.8 Å². The summed E-state index contributed by atoms with van der Waals surface area (Å²) >= 11 is 3.42. The molecule has 1 saturated carbocycles. The van der Waals surface area contributed by atoms with Gasteiger partial charge >= 0.3 is 6.09 Å². The van der Waals surface area contributed by atoms with Crippen LogP contribution in [0.25, 0.3) is 0 Å². The average molecular weight is 327 g/mol. The Bertz CT molecular complexity index is 493. The average Bonchev–Trinajstić information content (AvgIpc) is 3.14. The first kappa shape index (κ1) is 13.9. The number of nitrogens with two attached hydrogens (primary N) is 1. The first-order valence-corrected chi connectivity index (χ1v) is 6.82. The fourth-order valence-electron chi connectivity index (χ4n) is 2.05. The van der Waals surface area contributed by atoms with Gasteiger partial charge in [-0.15, -0.1) is 0 Å². The van der Waals surface area contributed by atoms with Crippen LogP contribution in [0.2, 0.25) is 0 Å². The highest BCUT2D eigenvalue weighted by molar-refractivity contribution is 9.10. The summed E-state index contributed by atoms with van der Waals surface area (Å²) in [5, 5.41) is 2.73. The quantitative estimate of drug-likeness (QED) is 0.809. The number of nitrogens with one attached hydrogen (secondary N) is 1. The van der Waals surface area contributed by atoms with E-state index >= 15 is 0 Å². The van der Waals surface area contributed by atoms with E-state index in [2.05, 4.69) is 26.0 Å². The molecule has 1 fully saturated rings. The van der Waals surface area contributed by atoms with Crippen molar-refractivity contribution in [2.75, 3.05) is 13.2 Å². The maximum Gasteiger partial charge on any atom is 0.404 e. The lowest BCUT2D eigenvalue weighted by Crippen LogP contribution is -2.30. The summed E-state index contributed by atoms with van der Waals surface area (Å²) in [5.74, 6) is 0.301. The Morgan fingerprint density at radius 3 is 2.95 bits per heavy atom. The van der Waals surface area contributed by atoms with Crippen molar-refractivity contribution >= 4 is 27.9 Å². The van der Waals surface area contributed by atoms with Gasteiger partial charge in [-0.3, -0.25) is 4.79 Å². The lowest BCUT2D eigenvalue weighted by atomic mass is 10.1. The zero-order chi connectivity index (χ0) is 13.8. The molecule has 2 amide bonds. The number of carbonyl (C=O) groups excluding carboxylic acids is 2. The van der Waals surface area contributed by atoms with Crippen LogP contribution in [0.3, 0.4) is 0 Å². The Balaban J connectivity index is 1.76. The fraction of sp³-hybridized carbons (Fsp3) is 0.385. The third-order valence-electron chi connectivity index (χ3n) is 3.05. The van der Waals surface area contributed by atoms with Crippen molar-refractivity contribution in [3.8, 4) is 0 Å². The molecule has 2 atom stereocenters. The molecule has 5 nitrogen and oxygen atoms in total. The summed E-state index contributed by atoms with van der Waals surface area (Å²) in [6, 6.07) is 7.99. The number of hydrogen-bond donors (Lipinski definition) is 2. The van der Waals surface area contributed by atoms with Gasteiger partial charge in [-0.2, -0.15) is 0 Å². The van der Waals surface area contributed by atoms with Crippen molar-refractivity contribution in [3.63, 3.8) is 0 Å². The molecule has 0 aromatic heterocycles. The second kappa shape index (κ2) is 6.06. The molecule has 0 aliphatic heterocycles. The Morgan fingerprint density at radius 1 is 1.47 bits per heavy atom. The van der Waals surface area contributed by atoms with E-state index in [0.29, 0.717) is 6.54 Å². The summed E-state index contributed by atoms with van der Waals surface area (Å²) in [6.07, 6.45) is 0.0339. The van der Waals surface area contributed by atoms with Crippen LogP contribution in [0.1, 0.15) is 17.9 Å². The number of hydrogen-bond acceptors (Lipinski definition) is 3. The molecular formula is C13H15BrN2O3. The highest BCUT2D eigenvalue weighted by atomic mass is 79.9. The molecule has 19 heavy (non-hydrogen) atoms. The van der Waals surface area contributed by atoms with E-state index in [4.69, 9.17) is 5.73 Å². The van der Waals surface area contributed by atoms with Crippen LogP contribution < -0.4 is 11.1 Å². The molecule has 0 heterocycles. The molecular weight excluding hydrogens is 312 g/mol. The molecule has 1 aromatic carbocycles. The molecule has 1 aliphatic rings. The Hall–Kier alpha value is -1.56. The van der Waals surface area contributed by atoms with Crippen LogP contribution in [0.5, 0.6) is 0 Å². The molecule has 1 aromatic rings. The molecule has 102 valence electrons. The van der Waals surface area contributed by atoms with Crippen molar-refractivity contribution in [2.24, 2.45) is 11.7 Å². The SMILES string of the molecule is NC(=O)OCCNC(=O)[C@H]1C[C@@H]1c1cccc(Br)c1. The van der Waals surface area contributed by atoms with Gasteiger partial charge in [0.15, 0.2) is 0 Å². The molecule has 0 saturated heterocycles. The van der Waals surface area contributed by atoms with Crippen molar-refractivity contribution in [3.05, 3.63) is 34.3 Å². The third kappa shape index (κ3) is 3.96. The number of rotatable bonds is 5. The zero-order valence-electron chi connectivity index (χ0n) is 10.3. The molecule has 0 spiro atoms. The van der Waals surface area contributed by atoms with Gasteiger partial charge in [0.2, 0.25) is 5.91 Å². The number of ether oxygens (including phenoxy) is 1. The van der Waals surface area contributed by atoms with E-state index in [9.17, 15) is 9.59 Å². The summed E-state index contributed by atoms with van der Waals surface area (Å²) in [4.78, 5) is 22.2. The summed E-state index contributed by atoms with van der Waals surface area (Å²) < 4.78 is 5.56. The van der Waals surface area contributed by atoms with Crippen molar-refractivity contribution < 1.29 is 14.3 Å².